The fourth-order valence-corrected chi connectivity index (χ4v) is 4.53. The van der Waals surface area contributed by atoms with E-state index in [1.807, 2.05) is 25.7 Å². The summed E-state index contributed by atoms with van der Waals surface area (Å²) >= 11 is 0. The van der Waals surface area contributed by atoms with Gasteiger partial charge in [-0.3, -0.25) is 4.79 Å². The predicted molar refractivity (Wildman–Crippen MR) is 102 cm³/mol. The molecule has 1 aromatic rings. The van der Waals surface area contributed by atoms with Gasteiger partial charge in [-0.1, -0.05) is 0 Å². The van der Waals surface area contributed by atoms with Crippen molar-refractivity contribution in [2.24, 2.45) is 5.92 Å². The van der Waals surface area contributed by atoms with Crippen molar-refractivity contribution in [3.63, 3.8) is 0 Å². The van der Waals surface area contributed by atoms with E-state index >= 15 is 0 Å². The van der Waals surface area contributed by atoms with E-state index in [2.05, 4.69) is 0 Å². The first-order valence-corrected chi connectivity index (χ1v) is 9.89. The van der Waals surface area contributed by atoms with Crippen molar-refractivity contribution in [3.05, 3.63) is 34.6 Å². The summed E-state index contributed by atoms with van der Waals surface area (Å²) < 4.78 is 19.5. The molecule has 0 radical (unpaired) electrons. The maximum Gasteiger partial charge on any atom is 0.410 e. The zero-order chi connectivity index (χ0) is 19.9. The lowest BCUT2D eigenvalue weighted by atomic mass is 9.75. The lowest BCUT2D eigenvalue weighted by molar-refractivity contribution is -0.0260. The molecule has 2 fully saturated rings. The Bertz CT molecular complexity index is 715. The summed E-state index contributed by atoms with van der Waals surface area (Å²) in [4.78, 5) is 27.6. The van der Waals surface area contributed by atoms with Gasteiger partial charge >= 0.3 is 6.09 Å². The third-order valence-electron chi connectivity index (χ3n) is 5.67. The zero-order valence-corrected chi connectivity index (χ0v) is 17.0. The lowest BCUT2D eigenvalue weighted by Gasteiger charge is -2.48. The SMILES string of the molecule is Cc1cc(C(=O)C2CC3CCCC(C2)N3C(=O)OC(C)(C)C)cc(C)c1F. The smallest absolute Gasteiger partial charge is 0.410 e. The molecule has 2 bridgehead atoms. The maximum absolute atomic E-state index is 13.9. The van der Waals surface area contributed by atoms with Gasteiger partial charge in [0.2, 0.25) is 0 Å². The van der Waals surface area contributed by atoms with Gasteiger partial charge in [0.1, 0.15) is 11.4 Å². The Morgan fingerprint density at radius 3 is 2.07 bits per heavy atom. The molecule has 0 N–H and O–H groups in total. The monoisotopic (exact) mass is 375 g/mol. The predicted octanol–water partition coefficient (Wildman–Crippen LogP) is 5.19. The number of carbonyl (C=O) groups excluding carboxylic acids is 2. The van der Waals surface area contributed by atoms with E-state index < -0.39 is 5.60 Å². The molecule has 4 nitrogen and oxygen atoms in total. The first-order valence-electron chi connectivity index (χ1n) is 9.89. The van der Waals surface area contributed by atoms with Crippen LogP contribution in [0.4, 0.5) is 9.18 Å². The van der Waals surface area contributed by atoms with Crippen LogP contribution in [-0.4, -0.2) is 34.5 Å². The molecule has 0 saturated carbocycles. The molecule has 2 atom stereocenters. The molecule has 0 aliphatic carbocycles. The van der Waals surface area contributed by atoms with Crippen LogP contribution in [0, 0.1) is 25.6 Å². The third-order valence-corrected chi connectivity index (χ3v) is 5.67. The van der Waals surface area contributed by atoms with Crippen LogP contribution in [-0.2, 0) is 4.74 Å². The molecule has 3 rings (SSSR count). The first-order chi connectivity index (χ1) is 12.6. The van der Waals surface area contributed by atoms with Gasteiger partial charge in [0.25, 0.3) is 0 Å². The quantitative estimate of drug-likeness (QED) is 0.668. The molecule has 2 saturated heterocycles. The van der Waals surface area contributed by atoms with Crippen molar-refractivity contribution in [1.29, 1.82) is 0 Å². The summed E-state index contributed by atoms with van der Waals surface area (Å²) in [6.45, 7) is 9.00. The highest BCUT2D eigenvalue weighted by Crippen LogP contribution is 2.39. The standard InChI is InChI=1S/C22H30FNO3/c1-13-9-15(10-14(2)19(13)23)20(25)16-11-17-7-6-8-18(12-16)24(17)21(26)27-22(3,4)5/h9-10,16-18H,6-8,11-12H2,1-5H3. The number of hydrogen-bond acceptors (Lipinski definition) is 3. The summed E-state index contributed by atoms with van der Waals surface area (Å²) in [5.74, 6) is -0.298. The van der Waals surface area contributed by atoms with Crippen LogP contribution in [0.1, 0.15) is 74.4 Å². The minimum atomic E-state index is -0.527. The second kappa shape index (κ2) is 7.25. The van der Waals surface area contributed by atoms with E-state index in [0.717, 1.165) is 19.3 Å². The molecule has 5 heteroatoms. The number of amides is 1. The highest BCUT2D eigenvalue weighted by Gasteiger charge is 2.44. The van der Waals surface area contributed by atoms with E-state index in [0.29, 0.717) is 29.5 Å². The average Bonchev–Trinajstić information content (AvgIpc) is 2.55. The summed E-state index contributed by atoms with van der Waals surface area (Å²) in [6.07, 6.45) is 3.93. The highest BCUT2D eigenvalue weighted by atomic mass is 19.1. The largest absolute Gasteiger partial charge is 0.444 e. The molecular formula is C22H30FNO3. The van der Waals surface area contributed by atoms with Gasteiger partial charge in [-0.2, -0.15) is 0 Å². The number of halogens is 1. The fourth-order valence-electron chi connectivity index (χ4n) is 4.53. The molecule has 1 amide bonds. The Morgan fingerprint density at radius 1 is 1.07 bits per heavy atom. The Morgan fingerprint density at radius 2 is 1.59 bits per heavy atom. The van der Waals surface area contributed by atoms with Gasteiger partial charge in [-0.15, -0.1) is 0 Å². The molecule has 2 aliphatic rings. The van der Waals surface area contributed by atoms with E-state index in [1.165, 1.54) is 0 Å². The number of benzene rings is 1. The average molecular weight is 375 g/mol. The minimum absolute atomic E-state index is 0.0453. The van der Waals surface area contributed by atoms with Gasteiger partial charge in [-0.05, 0) is 90.0 Å². The number of aryl methyl sites for hydroxylation is 2. The number of rotatable bonds is 2. The molecule has 148 valence electrons. The van der Waals surface area contributed by atoms with Crippen LogP contribution in [0.2, 0.25) is 0 Å². The topological polar surface area (TPSA) is 46.6 Å². The number of ether oxygens (including phenoxy) is 1. The van der Waals surface area contributed by atoms with E-state index in [1.54, 1.807) is 26.0 Å². The van der Waals surface area contributed by atoms with Crippen molar-refractivity contribution < 1.29 is 18.7 Å². The molecule has 0 spiro atoms. The third kappa shape index (κ3) is 4.17. The minimum Gasteiger partial charge on any atom is -0.444 e. The van der Waals surface area contributed by atoms with Crippen LogP contribution in [0.15, 0.2) is 12.1 Å². The highest BCUT2D eigenvalue weighted by molar-refractivity contribution is 5.98. The number of piperidine rings is 2. The lowest BCUT2D eigenvalue weighted by Crippen LogP contribution is -2.56. The second-order valence-electron chi connectivity index (χ2n) is 9.08. The van der Waals surface area contributed by atoms with Gasteiger partial charge < -0.3 is 9.64 Å². The number of nitrogens with zero attached hydrogens (tertiary/aromatic N) is 1. The number of hydrogen-bond donors (Lipinski definition) is 0. The van der Waals surface area contributed by atoms with E-state index in [9.17, 15) is 14.0 Å². The van der Waals surface area contributed by atoms with Gasteiger partial charge in [-0.25, -0.2) is 9.18 Å². The molecule has 1 aromatic carbocycles. The number of carbonyl (C=O) groups is 2. The normalized spacial score (nSPS) is 25.3. The Labute approximate surface area is 161 Å². The van der Waals surface area contributed by atoms with Crippen LogP contribution in [0.5, 0.6) is 0 Å². The molecule has 2 heterocycles. The van der Waals surface area contributed by atoms with Crippen molar-refractivity contribution in [3.8, 4) is 0 Å². The van der Waals surface area contributed by atoms with Crippen LogP contribution < -0.4 is 0 Å². The summed E-state index contributed by atoms with van der Waals surface area (Å²) in [5.41, 5.74) is 1.07. The molecule has 2 unspecified atom stereocenters. The summed E-state index contributed by atoms with van der Waals surface area (Å²) in [5, 5.41) is 0. The van der Waals surface area contributed by atoms with Crippen LogP contribution >= 0.6 is 0 Å². The molecular weight excluding hydrogens is 345 g/mol. The van der Waals surface area contributed by atoms with Gasteiger partial charge in [0.05, 0.1) is 0 Å². The van der Waals surface area contributed by atoms with Crippen molar-refractivity contribution in [2.75, 3.05) is 0 Å². The fraction of sp³-hybridized carbons (Fsp3) is 0.636. The Balaban J connectivity index is 1.78. The van der Waals surface area contributed by atoms with Crippen molar-refractivity contribution >= 4 is 11.9 Å². The van der Waals surface area contributed by atoms with Crippen molar-refractivity contribution in [2.45, 2.75) is 84.4 Å². The Hall–Kier alpha value is -1.91. The molecule has 0 aromatic heterocycles. The first kappa shape index (κ1) is 19.8. The van der Waals surface area contributed by atoms with Gasteiger partial charge in [0.15, 0.2) is 5.78 Å². The number of Topliss-reactive ketones (excluding diaryl/α,β-unsaturated/α-hetero) is 1. The zero-order valence-electron chi connectivity index (χ0n) is 17.0. The Kier molecular flexibility index (Phi) is 5.33. The summed E-state index contributed by atoms with van der Waals surface area (Å²) in [6, 6.07) is 3.40. The van der Waals surface area contributed by atoms with E-state index in [-0.39, 0.29) is 35.7 Å². The van der Waals surface area contributed by atoms with Crippen LogP contribution in [0.3, 0.4) is 0 Å². The molecule has 27 heavy (non-hydrogen) atoms. The van der Waals surface area contributed by atoms with Crippen LogP contribution in [0.25, 0.3) is 0 Å². The summed E-state index contributed by atoms with van der Waals surface area (Å²) in [7, 11) is 0. The number of ketones is 1. The second-order valence-corrected chi connectivity index (χ2v) is 9.08. The molecule has 2 aliphatic heterocycles. The number of fused-ring (bicyclic) bond motifs is 2. The van der Waals surface area contributed by atoms with E-state index in [4.69, 9.17) is 4.74 Å². The van der Waals surface area contributed by atoms with Gasteiger partial charge in [0, 0.05) is 23.6 Å². The van der Waals surface area contributed by atoms with Crippen molar-refractivity contribution in [1.82, 2.24) is 4.90 Å². The maximum atomic E-state index is 13.9.